The van der Waals surface area contributed by atoms with Gasteiger partial charge in [0.05, 0.1) is 0 Å². The fraction of sp³-hybridized carbons (Fsp3) is 0.0714. The summed E-state index contributed by atoms with van der Waals surface area (Å²) >= 11 is 1.69. The summed E-state index contributed by atoms with van der Waals surface area (Å²) in [6.07, 6.45) is 2.03. The van der Waals surface area contributed by atoms with E-state index in [-0.39, 0.29) is 5.84 Å². The summed E-state index contributed by atoms with van der Waals surface area (Å²) in [7, 11) is 0. The molecule has 5 heteroatoms. The molecule has 0 amide bonds. The first-order valence-electron chi connectivity index (χ1n) is 5.63. The van der Waals surface area contributed by atoms with Crippen molar-refractivity contribution in [2.24, 2.45) is 10.9 Å². The molecule has 0 bridgehead atoms. The van der Waals surface area contributed by atoms with Gasteiger partial charge in [0.15, 0.2) is 5.84 Å². The summed E-state index contributed by atoms with van der Waals surface area (Å²) in [6.45, 7) is 0. The number of rotatable bonds is 4. The van der Waals surface area contributed by atoms with E-state index in [0.717, 1.165) is 5.75 Å². The van der Waals surface area contributed by atoms with Crippen molar-refractivity contribution < 1.29 is 9.94 Å². The molecule has 0 radical (unpaired) electrons. The summed E-state index contributed by atoms with van der Waals surface area (Å²) < 4.78 is 5.69. The zero-order valence-corrected chi connectivity index (χ0v) is 11.2. The van der Waals surface area contributed by atoms with Gasteiger partial charge in [-0.15, -0.1) is 11.8 Å². The lowest BCUT2D eigenvalue weighted by molar-refractivity contribution is 0.318. The van der Waals surface area contributed by atoms with Crippen LogP contribution in [0.1, 0.15) is 5.56 Å². The van der Waals surface area contributed by atoms with Crippen LogP contribution in [-0.4, -0.2) is 17.3 Å². The number of thioether (sulfide) groups is 1. The molecular formula is C14H14N2O2S. The minimum atomic E-state index is 0.0795. The number of benzene rings is 2. The maximum absolute atomic E-state index is 8.57. The molecule has 2 aromatic rings. The van der Waals surface area contributed by atoms with E-state index in [1.54, 1.807) is 36.0 Å². The van der Waals surface area contributed by atoms with Crippen molar-refractivity contribution in [3.05, 3.63) is 54.1 Å². The monoisotopic (exact) mass is 274 g/mol. The Balaban J connectivity index is 2.10. The first kappa shape index (κ1) is 13.3. The van der Waals surface area contributed by atoms with Gasteiger partial charge >= 0.3 is 0 Å². The van der Waals surface area contributed by atoms with Gasteiger partial charge in [-0.05, 0) is 54.8 Å². The van der Waals surface area contributed by atoms with Crippen LogP contribution in [0.15, 0.2) is 58.6 Å². The molecule has 0 atom stereocenters. The van der Waals surface area contributed by atoms with Gasteiger partial charge in [0.1, 0.15) is 11.5 Å². The van der Waals surface area contributed by atoms with Crippen LogP contribution < -0.4 is 10.5 Å². The van der Waals surface area contributed by atoms with E-state index in [2.05, 4.69) is 5.16 Å². The highest BCUT2D eigenvalue weighted by Crippen LogP contribution is 2.24. The molecule has 4 nitrogen and oxygen atoms in total. The van der Waals surface area contributed by atoms with Crippen LogP contribution in [-0.2, 0) is 0 Å². The van der Waals surface area contributed by atoms with Crippen LogP contribution in [0.25, 0.3) is 0 Å². The SMILES string of the molecule is CSc1ccc(Oc2ccc(C(N)=NO)cc2)cc1. The van der Waals surface area contributed by atoms with E-state index >= 15 is 0 Å². The van der Waals surface area contributed by atoms with E-state index in [9.17, 15) is 0 Å². The van der Waals surface area contributed by atoms with E-state index < -0.39 is 0 Å². The van der Waals surface area contributed by atoms with Crippen molar-refractivity contribution in [1.29, 1.82) is 0 Å². The number of hydrogen-bond acceptors (Lipinski definition) is 4. The molecule has 0 aromatic heterocycles. The zero-order valence-electron chi connectivity index (χ0n) is 10.4. The van der Waals surface area contributed by atoms with Gasteiger partial charge in [-0.2, -0.15) is 0 Å². The van der Waals surface area contributed by atoms with Crippen LogP contribution in [0, 0.1) is 0 Å². The van der Waals surface area contributed by atoms with Crippen molar-refractivity contribution in [3.63, 3.8) is 0 Å². The Hall–Kier alpha value is -2.14. The van der Waals surface area contributed by atoms with Crippen LogP contribution in [0.2, 0.25) is 0 Å². The predicted octanol–water partition coefficient (Wildman–Crippen LogP) is 3.30. The largest absolute Gasteiger partial charge is 0.457 e. The molecule has 0 heterocycles. The molecule has 0 saturated carbocycles. The summed E-state index contributed by atoms with van der Waals surface area (Å²) in [4.78, 5) is 1.19. The summed E-state index contributed by atoms with van der Waals surface area (Å²) in [5, 5.41) is 11.5. The van der Waals surface area contributed by atoms with Gasteiger partial charge in [0.2, 0.25) is 0 Å². The highest BCUT2D eigenvalue weighted by Gasteiger charge is 2.01. The van der Waals surface area contributed by atoms with E-state index in [0.29, 0.717) is 11.3 Å². The van der Waals surface area contributed by atoms with Crippen LogP contribution >= 0.6 is 11.8 Å². The molecule has 19 heavy (non-hydrogen) atoms. The number of hydrogen-bond donors (Lipinski definition) is 2. The van der Waals surface area contributed by atoms with Crippen molar-refractivity contribution >= 4 is 17.6 Å². The predicted molar refractivity (Wildman–Crippen MR) is 77.2 cm³/mol. The standard InChI is InChI=1S/C14H14N2O2S/c1-19-13-8-6-12(7-9-13)18-11-4-2-10(3-5-11)14(15)16-17/h2-9,17H,1H3,(H2,15,16). The Kier molecular flexibility index (Phi) is 4.30. The zero-order chi connectivity index (χ0) is 13.7. The second-order valence-corrected chi connectivity index (χ2v) is 4.67. The fourth-order valence-corrected chi connectivity index (χ4v) is 1.94. The van der Waals surface area contributed by atoms with Crippen molar-refractivity contribution in [3.8, 4) is 11.5 Å². The topological polar surface area (TPSA) is 67.8 Å². The molecule has 0 saturated heterocycles. The molecule has 0 spiro atoms. The van der Waals surface area contributed by atoms with Gasteiger partial charge in [0, 0.05) is 10.5 Å². The summed E-state index contributed by atoms with van der Waals surface area (Å²) in [5.74, 6) is 1.55. The third-order valence-corrected chi connectivity index (χ3v) is 3.30. The fourth-order valence-electron chi connectivity index (χ4n) is 1.53. The highest BCUT2D eigenvalue weighted by atomic mass is 32.2. The number of amidine groups is 1. The quantitative estimate of drug-likeness (QED) is 0.295. The lowest BCUT2D eigenvalue weighted by atomic mass is 10.2. The molecule has 0 fully saturated rings. The first-order chi connectivity index (χ1) is 9.22. The first-order valence-corrected chi connectivity index (χ1v) is 6.85. The second-order valence-electron chi connectivity index (χ2n) is 3.79. The molecule has 0 aliphatic rings. The smallest absolute Gasteiger partial charge is 0.170 e. The lowest BCUT2D eigenvalue weighted by Crippen LogP contribution is -2.12. The van der Waals surface area contributed by atoms with Crippen LogP contribution in [0.3, 0.4) is 0 Å². The molecule has 0 unspecified atom stereocenters. The lowest BCUT2D eigenvalue weighted by Gasteiger charge is -2.07. The molecule has 98 valence electrons. The van der Waals surface area contributed by atoms with E-state index in [4.69, 9.17) is 15.7 Å². The van der Waals surface area contributed by atoms with Gasteiger partial charge in [-0.25, -0.2) is 0 Å². The number of oxime groups is 1. The van der Waals surface area contributed by atoms with Gasteiger partial charge < -0.3 is 15.7 Å². The maximum Gasteiger partial charge on any atom is 0.170 e. The Bertz CT molecular complexity index is 565. The number of nitrogens with two attached hydrogens (primary N) is 1. The molecule has 0 aliphatic carbocycles. The average molecular weight is 274 g/mol. The van der Waals surface area contributed by atoms with Gasteiger partial charge in [-0.3, -0.25) is 0 Å². The molecule has 2 rings (SSSR count). The second kappa shape index (κ2) is 6.15. The Labute approximate surface area is 115 Å². The van der Waals surface area contributed by atoms with E-state index in [1.165, 1.54) is 4.90 Å². The van der Waals surface area contributed by atoms with Crippen LogP contribution in [0.4, 0.5) is 0 Å². The van der Waals surface area contributed by atoms with Crippen molar-refractivity contribution in [2.75, 3.05) is 6.26 Å². The summed E-state index contributed by atoms with van der Waals surface area (Å²) in [6, 6.07) is 14.9. The molecule has 2 aromatic carbocycles. The molecule has 0 aliphatic heterocycles. The average Bonchev–Trinajstić information content (AvgIpc) is 2.48. The maximum atomic E-state index is 8.57. The number of ether oxygens (including phenoxy) is 1. The molecule has 3 N–H and O–H groups in total. The Morgan fingerprint density at radius 3 is 2.05 bits per heavy atom. The minimum absolute atomic E-state index is 0.0795. The van der Waals surface area contributed by atoms with Crippen LogP contribution in [0.5, 0.6) is 11.5 Å². The Morgan fingerprint density at radius 2 is 1.58 bits per heavy atom. The summed E-state index contributed by atoms with van der Waals surface area (Å²) in [5.41, 5.74) is 6.13. The van der Waals surface area contributed by atoms with Crippen molar-refractivity contribution in [2.45, 2.75) is 4.90 Å². The number of nitrogens with zero attached hydrogens (tertiary/aromatic N) is 1. The van der Waals surface area contributed by atoms with Gasteiger partial charge in [0.25, 0.3) is 0 Å². The minimum Gasteiger partial charge on any atom is -0.457 e. The third kappa shape index (κ3) is 3.42. The molecular weight excluding hydrogens is 260 g/mol. The van der Waals surface area contributed by atoms with Crippen molar-refractivity contribution in [1.82, 2.24) is 0 Å². The van der Waals surface area contributed by atoms with E-state index in [1.807, 2.05) is 30.5 Å². The highest BCUT2D eigenvalue weighted by molar-refractivity contribution is 7.98. The third-order valence-electron chi connectivity index (χ3n) is 2.55. The Morgan fingerprint density at radius 1 is 1.05 bits per heavy atom. The normalized spacial score (nSPS) is 11.3. The van der Waals surface area contributed by atoms with Gasteiger partial charge in [-0.1, -0.05) is 5.16 Å².